The molecule has 1 aliphatic rings. The largest absolute Gasteiger partial charge is 0.360 e. The summed E-state index contributed by atoms with van der Waals surface area (Å²) in [6.45, 7) is 2.19. The van der Waals surface area contributed by atoms with E-state index in [-0.39, 0.29) is 17.3 Å². The van der Waals surface area contributed by atoms with Gasteiger partial charge in [0.15, 0.2) is 0 Å². The molecule has 6 rings (SSSR count). The van der Waals surface area contributed by atoms with Gasteiger partial charge in [0.25, 0.3) is 15.9 Å². The third kappa shape index (κ3) is 4.13. The quantitative estimate of drug-likeness (QED) is 0.258. The summed E-state index contributed by atoms with van der Waals surface area (Å²) in [4.78, 5) is 21.3. The Hall–Kier alpha value is -3.21. The minimum Gasteiger partial charge on any atom is -0.360 e. The van der Waals surface area contributed by atoms with Crippen molar-refractivity contribution in [2.45, 2.75) is 17.9 Å². The van der Waals surface area contributed by atoms with Gasteiger partial charge in [0.05, 0.1) is 23.0 Å². The molecule has 5 aromatic rings. The normalized spacial score (nSPS) is 16.2. The van der Waals surface area contributed by atoms with Gasteiger partial charge >= 0.3 is 0 Å². The Kier molecular flexibility index (Phi) is 5.85. The number of nitrogens with zero attached hydrogens (tertiary/aromatic N) is 2. The number of aliphatic imine (C=N–C) groups is 1. The van der Waals surface area contributed by atoms with E-state index in [4.69, 9.17) is 0 Å². The molecule has 0 saturated carbocycles. The number of hydrogen-bond donors (Lipinski definition) is 2. The van der Waals surface area contributed by atoms with E-state index in [1.54, 1.807) is 42.7 Å². The Morgan fingerprint density at radius 3 is 2.41 bits per heavy atom. The van der Waals surface area contributed by atoms with Crippen LogP contribution < -0.4 is 5.32 Å². The Balaban J connectivity index is 1.42. The van der Waals surface area contributed by atoms with E-state index in [2.05, 4.69) is 47.2 Å². The predicted octanol–water partition coefficient (Wildman–Crippen LogP) is 5.85. The number of hydrogen-bond acceptors (Lipinski definition) is 4. The van der Waals surface area contributed by atoms with Crippen LogP contribution in [0.2, 0.25) is 0 Å². The molecule has 1 amide bonds. The second kappa shape index (κ2) is 8.97. The van der Waals surface area contributed by atoms with Crippen LogP contribution in [-0.4, -0.2) is 35.5 Å². The summed E-state index contributed by atoms with van der Waals surface area (Å²) in [5, 5.41) is 4.69. The number of fused-ring (bicyclic) bond motifs is 2. The van der Waals surface area contributed by atoms with Gasteiger partial charge in [0.1, 0.15) is 5.71 Å². The third-order valence-corrected chi connectivity index (χ3v) is 9.24. The molecule has 3 aromatic carbocycles. The van der Waals surface area contributed by atoms with Crippen molar-refractivity contribution in [1.82, 2.24) is 14.3 Å². The van der Waals surface area contributed by atoms with Crippen molar-refractivity contribution < 1.29 is 13.2 Å². The zero-order chi connectivity index (χ0) is 25.9. The van der Waals surface area contributed by atoms with Gasteiger partial charge in [-0.1, -0.05) is 61.7 Å². The zero-order valence-electron chi connectivity index (χ0n) is 19.5. The van der Waals surface area contributed by atoms with Crippen molar-refractivity contribution in [3.63, 3.8) is 0 Å². The fourth-order valence-corrected chi connectivity index (χ4v) is 6.78. The summed E-state index contributed by atoms with van der Waals surface area (Å²) in [5.74, 6) is -0.306. The standard InChI is InChI=1S/C27H20Br2N4O3S/c1-15-2-6-18(7-3-15)37(35,36)33-14-22(20-9-5-17(29)11-25(20)33)24-13-31-26(27(34)32-24)21-12-30-23-10-16(28)4-8-19(21)23/h2-12,14,24,30H,13H2,1H3,(H,32,34)/t24-/m0/s1. The highest BCUT2D eigenvalue weighted by Gasteiger charge is 2.30. The Morgan fingerprint density at radius 2 is 1.68 bits per heavy atom. The van der Waals surface area contributed by atoms with Crippen LogP contribution in [0.25, 0.3) is 21.8 Å². The number of H-pyrrole nitrogens is 1. The number of carbonyl (C=O) groups is 1. The lowest BCUT2D eigenvalue weighted by Crippen LogP contribution is -2.40. The Labute approximate surface area is 229 Å². The molecule has 2 N–H and O–H groups in total. The van der Waals surface area contributed by atoms with Gasteiger partial charge in [0.2, 0.25) is 0 Å². The van der Waals surface area contributed by atoms with Crippen molar-refractivity contribution in [3.8, 4) is 0 Å². The number of halogens is 2. The number of aromatic amines is 1. The van der Waals surface area contributed by atoms with Gasteiger partial charge in [-0.25, -0.2) is 12.4 Å². The van der Waals surface area contributed by atoms with Gasteiger partial charge in [-0.3, -0.25) is 9.79 Å². The second-order valence-electron chi connectivity index (χ2n) is 8.97. The molecule has 0 fully saturated rings. The van der Waals surface area contributed by atoms with Crippen molar-refractivity contribution in [2.75, 3.05) is 6.54 Å². The van der Waals surface area contributed by atoms with Crippen LogP contribution in [-0.2, 0) is 14.8 Å². The number of aromatic nitrogens is 2. The first-order valence-electron chi connectivity index (χ1n) is 11.5. The molecule has 0 aliphatic carbocycles. The zero-order valence-corrected chi connectivity index (χ0v) is 23.5. The molecule has 10 heteroatoms. The first kappa shape index (κ1) is 24.1. The maximum Gasteiger partial charge on any atom is 0.270 e. The van der Waals surface area contributed by atoms with E-state index in [0.717, 1.165) is 36.4 Å². The highest BCUT2D eigenvalue weighted by molar-refractivity contribution is 9.10. The molecular formula is C27H20Br2N4O3S. The van der Waals surface area contributed by atoms with E-state index >= 15 is 0 Å². The molecule has 1 atom stereocenters. The van der Waals surface area contributed by atoms with Crippen LogP contribution in [0.15, 0.2) is 91.9 Å². The maximum absolute atomic E-state index is 13.6. The van der Waals surface area contributed by atoms with Crippen molar-refractivity contribution >= 4 is 75.3 Å². The van der Waals surface area contributed by atoms with Crippen LogP contribution in [0.5, 0.6) is 0 Å². The smallest absolute Gasteiger partial charge is 0.270 e. The Bertz CT molecular complexity index is 1850. The van der Waals surface area contributed by atoms with E-state index in [1.165, 1.54) is 3.97 Å². The minimum atomic E-state index is -3.87. The molecule has 3 heterocycles. The lowest BCUT2D eigenvalue weighted by Gasteiger charge is -2.22. The van der Waals surface area contributed by atoms with Gasteiger partial charge in [-0.2, -0.15) is 0 Å². The molecule has 0 bridgehead atoms. The van der Waals surface area contributed by atoms with Crippen LogP contribution >= 0.6 is 31.9 Å². The first-order valence-corrected chi connectivity index (χ1v) is 14.5. The molecule has 0 spiro atoms. The molecule has 7 nitrogen and oxygen atoms in total. The number of amides is 1. The lowest BCUT2D eigenvalue weighted by atomic mass is 10.0. The molecule has 0 saturated heterocycles. The molecule has 2 aromatic heterocycles. The van der Waals surface area contributed by atoms with Crippen molar-refractivity contribution in [1.29, 1.82) is 0 Å². The van der Waals surface area contributed by atoms with Crippen molar-refractivity contribution in [2.24, 2.45) is 4.99 Å². The summed E-state index contributed by atoms with van der Waals surface area (Å²) in [6.07, 6.45) is 3.38. The summed E-state index contributed by atoms with van der Waals surface area (Å²) >= 11 is 6.93. The van der Waals surface area contributed by atoms with Crippen LogP contribution in [0, 0.1) is 6.92 Å². The highest BCUT2D eigenvalue weighted by Crippen LogP contribution is 2.33. The fourth-order valence-electron chi connectivity index (χ4n) is 4.70. The first-order chi connectivity index (χ1) is 17.7. The van der Waals surface area contributed by atoms with Crippen LogP contribution in [0.1, 0.15) is 22.7 Å². The lowest BCUT2D eigenvalue weighted by molar-refractivity contribution is -0.115. The summed E-state index contributed by atoms with van der Waals surface area (Å²) in [7, 11) is -3.87. The topological polar surface area (TPSA) is 96.3 Å². The average molecular weight is 640 g/mol. The van der Waals surface area contributed by atoms with Gasteiger partial charge < -0.3 is 10.3 Å². The third-order valence-electron chi connectivity index (χ3n) is 6.57. The average Bonchev–Trinajstić information content (AvgIpc) is 3.45. The predicted molar refractivity (Wildman–Crippen MR) is 152 cm³/mol. The highest BCUT2D eigenvalue weighted by atomic mass is 79.9. The summed E-state index contributed by atoms with van der Waals surface area (Å²) in [5.41, 5.74) is 4.17. The number of carbonyl (C=O) groups excluding carboxylic acids is 1. The summed E-state index contributed by atoms with van der Waals surface area (Å²) in [6, 6.07) is 17.6. The number of nitrogens with one attached hydrogen (secondary N) is 2. The molecule has 0 radical (unpaired) electrons. The molecule has 1 aliphatic heterocycles. The molecular weight excluding hydrogens is 620 g/mol. The van der Waals surface area contributed by atoms with E-state index in [9.17, 15) is 13.2 Å². The maximum atomic E-state index is 13.6. The minimum absolute atomic E-state index is 0.195. The second-order valence-corrected chi connectivity index (χ2v) is 12.6. The van der Waals surface area contributed by atoms with Gasteiger partial charge in [-0.15, -0.1) is 0 Å². The number of aryl methyl sites for hydroxylation is 1. The number of benzene rings is 3. The van der Waals surface area contributed by atoms with E-state index < -0.39 is 16.1 Å². The summed E-state index contributed by atoms with van der Waals surface area (Å²) < 4.78 is 30.2. The SMILES string of the molecule is Cc1ccc(S(=O)(=O)n2cc([C@@H]3CN=C(c4c[nH]c5cc(Br)ccc45)C(=O)N3)c3ccc(Br)cc32)cc1. The molecule has 186 valence electrons. The fraction of sp³-hybridized carbons (Fsp3) is 0.111. The number of rotatable bonds is 4. The monoisotopic (exact) mass is 638 g/mol. The van der Waals surface area contributed by atoms with Crippen LogP contribution in [0.3, 0.4) is 0 Å². The Morgan fingerprint density at radius 1 is 0.973 bits per heavy atom. The molecule has 0 unspecified atom stereocenters. The van der Waals surface area contributed by atoms with Crippen molar-refractivity contribution in [3.05, 3.63) is 98.7 Å². The van der Waals surface area contributed by atoms with Gasteiger partial charge in [0, 0.05) is 48.8 Å². The van der Waals surface area contributed by atoms with Gasteiger partial charge in [-0.05, 0) is 43.3 Å². The van der Waals surface area contributed by atoms with E-state index in [1.807, 2.05) is 37.3 Å². The molecule has 37 heavy (non-hydrogen) atoms. The van der Waals surface area contributed by atoms with E-state index in [0.29, 0.717) is 16.8 Å². The van der Waals surface area contributed by atoms with Crippen LogP contribution in [0.4, 0.5) is 0 Å².